The molecule has 1 aliphatic carbocycles. The van der Waals surface area contributed by atoms with Crippen LogP contribution in [0.5, 0.6) is 0 Å². The number of fused-ring (bicyclic) bond motifs is 1. The number of carbonyl (C=O) groups excluding carboxylic acids is 2. The first-order chi connectivity index (χ1) is 16.2. The molecule has 0 spiro atoms. The first kappa shape index (κ1) is 24.2. The molecule has 1 aliphatic heterocycles. The number of benzene rings is 2. The molecule has 2 N–H and O–H groups in total. The predicted octanol–water partition coefficient (Wildman–Crippen LogP) is 3.16. The summed E-state index contributed by atoms with van der Waals surface area (Å²) in [5.74, 6) is -0.198. The van der Waals surface area contributed by atoms with Gasteiger partial charge in [0.15, 0.2) is 0 Å². The van der Waals surface area contributed by atoms with Gasteiger partial charge in [0.2, 0.25) is 10.0 Å². The Labute approximate surface area is 201 Å². The summed E-state index contributed by atoms with van der Waals surface area (Å²) in [7, 11) is -0.401. The average molecular weight is 485 g/mol. The quantitative estimate of drug-likeness (QED) is 0.681. The highest BCUT2D eigenvalue weighted by Gasteiger charge is 2.32. The molecule has 182 valence electrons. The van der Waals surface area contributed by atoms with Crippen molar-refractivity contribution in [2.24, 2.45) is 0 Å². The van der Waals surface area contributed by atoms with Gasteiger partial charge in [-0.3, -0.25) is 4.79 Å². The van der Waals surface area contributed by atoms with Crippen LogP contribution in [0.25, 0.3) is 0 Å². The number of amides is 3. The molecular formula is C25H32N4O4S. The van der Waals surface area contributed by atoms with Crippen LogP contribution in [0.4, 0.5) is 10.5 Å². The van der Waals surface area contributed by atoms with Crippen LogP contribution >= 0.6 is 0 Å². The van der Waals surface area contributed by atoms with E-state index in [9.17, 15) is 18.0 Å². The van der Waals surface area contributed by atoms with E-state index in [4.69, 9.17) is 0 Å². The molecule has 0 radical (unpaired) electrons. The van der Waals surface area contributed by atoms with Crippen LogP contribution in [0.3, 0.4) is 0 Å². The highest BCUT2D eigenvalue weighted by atomic mass is 32.2. The fourth-order valence-corrected chi connectivity index (χ4v) is 6.37. The summed E-state index contributed by atoms with van der Waals surface area (Å²) in [6, 6.07) is 10.2. The number of likely N-dealkylation sites (tertiary alicyclic amines) is 1. The van der Waals surface area contributed by atoms with Crippen LogP contribution in [-0.4, -0.2) is 63.4 Å². The Balaban J connectivity index is 1.57. The van der Waals surface area contributed by atoms with Crippen molar-refractivity contribution in [3.05, 3.63) is 58.7 Å². The molecule has 8 nitrogen and oxygen atoms in total. The Hall–Kier alpha value is -2.91. The topological polar surface area (TPSA) is 98.8 Å². The maximum absolute atomic E-state index is 13.4. The van der Waals surface area contributed by atoms with E-state index >= 15 is 0 Å². The van der Waals surface area contributed by atoms with Crippen LogP contribution in [0.15, 0.2) is 41.3 Å². The number of nitrogens with one attached hydrogen (secondary N) is 2. The van der Waals surface area contributed by atoms with Gasteiger partial charge in [-0.2, -0.15) is 0 Å². The summed E-state index contributed by atoms with van der Waals surface area (Å²) < 4.78 is 29.5. The van der Waals surface area contributed by atoms with Crippen molar-refractivity contribution in [3.8, 4) is 0 Å². The smallest absolute Gasteiger partial charge is 0.319 e. The second-order valence-electron chi connectivity index (χ2n) is 9.27. The van der Waals surface area contributed by atoms with Crippen molar-refractivity contribution in [1.29, 1.82) is 0 Å². The van der Waals surface area contributed by atoms with Gasteiger partial charge < -0.3 is 15.1 Å². The second-order valence-corrected chi connectivity index (χ2v) is 11.0. The largest absolute Gasteiger partial charge is 0.331 e. The van der Waals surface area contributed by atoms with E-state index in [1.807, 2.05) is 25.1 Å². The van der Waals surface area contributed by atoms with Crippen molar-refractivity contribution in [2.75, 3.05) is 32.5 Å². The third-order valence-corrected chi connectivity index (χ3v) is 8.19. The highest BCUT2D eigenvalue weighted by Crippen LogP contribution is 2.33. The van der Waals surface area contributed by atoms with Crippen LogP contribution in [0.1, 0.15) is 46.3 Å². The number of sulfonamides is 1. The lowest BCUT2D eigenvalue weighted by atomic mass is 9.90. The Morgan fingerprint density at radius 1 is 1.03 bits per heavy atom. The second kappa shape index (κ2) is 9.76. The summed E-state index contributed by atoms with van der Waals surface area (Å²) in [5.41, 5.74) is 3.83. The van der Waals surface area contributed by atoms with E-state index in [0.29, 0.717) is 37.2 Å². The fourth-order valence-electron chi connectivity index (χ4n) is 4.82. The van der Waals surface area contributed by atoms with Gasteiger partial charge in [-0.25, -0.2) is 17.9 Å². The molecule has 1 saturated heterocycles. The van der Waals surface area contributed by atoms with Gasteiger partial charge in [0.1, 0.15) is 0 Å². The Bertz CT molecular complexity index is 1210. The van der Waals surface area contributed by atoms with E-state index in [0.717, 1.165) is 36.0 Å². The monoisotopic (exact) mass is 484 g/mol. The summed E-state index contributed by atoms with van der Waals surface area (Å²) in [4.78, 5) is 28.5. The van der Waals surface area contributed by atoms with Crippen molar-refractivity contribution in [1.82, 2.24) is 14.5 Å². The van der Waals surface area contributed by atoms with Crippen LogP contribution in [0, 0.1) is 6.92 Å². The zero-order valence-electron chi connectivity index (χ0n) is 19.9. The lowest BCUT2D eigenvalue weighted by molar-refractivity contribution is 0.102. The number of carbonyl (C=O) groups is 2. The number of nitrogens with zero attached hydrogens (tertiary/aromatic N) is 2. The van der Waals surface area contributed by atoms with Crippen LogP contribution < -0.4 is 10.0 Å². The lowest BCUT2D eigenvalue weighted by Crippen LogP contribution is -2.41. The Morgan fingerprint density at radius 3 is 2.44 bits per heavy atom. The number of urea groups is 1. The molecule has 2 aliphatic rings. The normalized spacial score (nSPS) is 17.9. The van der Waals surface area contributed by atoms with Crippen molar-refractivity contribution in [2.45, 2.75) is 50.0 Å². The zero-order chi connectivity index (χ0) is 24.5. The standard InChI is InChI=1S/C25H32N4O4S/c1-17-8-4-5-9-19(17)24(30)26-22-12-13-23(21-11-7-6-10-20(21)22)34(32,33)27-18-14-15-29(16-18)25(31)28(2)3/h4-5,8-9,12-13,18,27H,6-7,10-11,14-16H2,1-3H3,(H,26,30). The molecule has 0 aromatic heterocycles. The SMILES string of the molecule is Cc1ccccc1C(=O)Nc1ccc(S(=O)(=O)NC2CCN(C(=O)N(C)C)C2)c2c1CCCC2. The number of hydrogen-bond donors (Lipinski definition) is 2. The zero-order valence-corrected chi connectivity index (χ0v) is 20.7. The lowest BCUT2D eigenvalue weighted by Gasteiger charge is -2.24. The molecule has 1 atom stereocenters. The van der Waals surface area contributed by atoms with E-state index < -0.39 is 10.0 Å². The summed E-state index contributed by atoms with van der Waals surface area (Å²) in [6.45, 7) is 2.76. The molecule has 0 saturated carbocycles. The van der Waals surface area contributed by atoms with Crippen molar-refractivity contribution in [3.63, 3.8) is 0 Å². The van der Waals surface area contributed by atoms with Crippen LogP contribution in [-0.2, 0) is 22.9 Å². The molecule has 1 unspecified atom stereocenters. The van der Waals surface area contributed by atoms with Gasteiger partial charge in [0.25, 0.3) is 5.91 Å². The van der Waals surface area contributed by atoms with Gasteiger partial charge >= 0.3 is 6.03 Å². The Morgan fingerprint density at radius 2 is 1.74 bits per heavy atom. The molecule has 9 heteroatoms. The molecule has 1 fully saturated rings. The highest BCUT2D eigenvalue weighted by molar-refractivity contribution is 7.89. The van der Waals surface area contributed by atoms with E-state index in [-0.39, 0.29) is 22.9 Å². The fraction of sp³-hybridized carbons (Fsp3) is 0.440. The first-order valence-electron chi connectivity index (χ1n) is 11.7. The molecular weight excluding hydrogens is 452 g/mol. The van der Waals surface area contributed by atoms with E-state index in [2.05, 4.69) is 10.0 Å². The molecule has 1 heterocycles. The number of rotatable bonds is 5. The van der Waals surface area contributed by atoms with E-state index in [1.165, 1.54) is 4.90 Å². The third kappa shape index (κ3) is 4.95. The minimum absolute atomic E-state index is 0.118. The minimum atomic E-state index is -3.77. The average Bonchev–Trinajstić information content (AvgIpc) is 3.26. The molecule has 2 aromatic carbocycles. The summed E-state index contributed by atoms with van der Waals surface area (Å²) >= 11 is 0. The number of hydrogen-bond acceptors (Lipinski definition) is 4. The third-order valence-electron chi connectivity index (χ3n) is 6.58. The van der Waals surface area contributed by atoms with Gasteiger partial charge in [-0.05, 0) is 73.9 Å². The number of aryl methyl sites for hydroxylation is 1. The van der Waals surface area contributed by atoms with Crippen molar-refractivity contribution < 1.29 is 18.0 Å². The Kier molecular flexibility index (Phi) is 6.95. The first-order valence-corrected chi connectivity index (χ1v) is 13.2. The van der Waals surface area contributed by atoms with Crippen molar-refractivity contribution >= 4 is 27.6 Å². The maximum Gasteiger partial charge on any atom is 0.319 e. The molecule has 3 amide bonds. The molecule has 4 rings (SSSR count). The minimum Gasteiger partial charge on any atom is -0.331 e. The van der Waals surface area contributed by atoms with Gasteiger partial charge in [0, 0.05) is 44.5 Å². The summed E-state index contributed by atoms with van der Waals surface area (Å²) in [5, 5.41) is 3.00. The van der Waals surface area contributed by atoms with Gasteiger partial charge in [0.05, 0.1) is 4.90 Å². The predicted molar refractivity (Wildman–Crippen MR) is 132 cm³/mol. The molecule has 2 aromatic rings. The van der Waals surface area contributed by atoms with E-state index in [1.54, 1.807) is 37.2 Å². The van der Waals surface area contributed by atoms with Gasteiger partial charge in [-0.15, -0.1) is 0 Å². The summed E-state index contributed by atoms with van der Waals surface area (Å²) in [6.07, 6.45) is 3.79. The molecule has 34 heavy (non-hydrogen) atoms. The molecule has 0 bridgehead atoms. The van der Waals surface area contributed by atoms with Gasteiger partial charge in [-0.1, -0.05) is 18.2 Å². The maximum atomic E-state index is 13.4. The van der Waals surface area contributed by atoms with Crippen LogP contribution in [0.2, 0.25) is 0 Å². The number of anilines is 1.